The summed E-state index contributed by atoms with van der Waals surface area (Å²) in [7, 11) is 1.72. The maximum Gasteiger partial charge on any atom is 0.415 e. The van der Waals surface area contributed by atoms with Crippen molar-refractivity contribution in [1.29, 1.82) is 0 Å². The SMILES string of the molecule is Cn1nnc(-c2ccc(-c3ccc4c(c3)C[C@H]3[C@H](Cn5cccn5)OC(=O)N43)cn2)n1. The molecule has 2 aliphatic rings. The second-order valence-corrected chi connectivity index (χ2v) is 7.67. The predicted octanol–water partition coefficient (Wildman–Crippen LogP) is 2.09. The van der Waals surface area contributed by atoms with Crippen molar-refractivity contribution in [2.45, 2.75) is 25.1 Å². The Morgan fingerprint density at radius 3 is 2.84 bits per heavy atom. The molecule has 1 fully saturated rings. The highest BCUT2D eigenvalue weighted by Crippen LogP contribution is 2.40. The van der Waals surface area contributed by atoms with Crippen LogP contribution >= 0.6 is 0 Å². The number of benzene rings is 1. The first-order valence-electron chi connectivity index (χ1n) is 9.97. The zero-order valence-corrected chi connectivity index (χ0v) is 16.7. The lowest BCUT2D eigenvalue weighted by Gasteiger charge is -2.16. The molecule has 0 radical (unpaired) electrons. The van der Waals surface area contributed by atoms with E-state index < -0.39 is 0 Å². The van der Waals surface area contributed by atoms with Crippen LogP contribution in [0.1, 0.15) is 5.56 Å². The molecule has 5 heterocycles. The van der Waals surface area contributed by atoms with Crippen LogP contribution in [-0.2, 0) is 24.8 Å². The summed E-state index contributed by atoms with van der Waals surface area (Å²) in [5, 5.41) is 16.3. The number of rotatable bonds is 4. The molecule has 154 valence electrons. The maximum absolute atomic E-state index is 12.5. The molecule has 1 aromatic carbocycles. The van der Waals surface area contributed by atoms with Gasteiger partial charge in [-0.25, -0.2) is 4.79 Å². The number of anilines is 1. The summed E-state index contributed by atoms with van der Waals surface area (Å²) in [5.74, 6) is 0.491. The molecule has 0 N–H and O–H groups in total. The van der Waals surface area contributed by atoms with Gasteiger partial charge >= 0.3 is 6.09 Å². The average molecular weight is 414 g/mol. The monoisotopic (exact) mass is 414 g/mol. The maximum atomic E-state index is 12.5. The molecule has 31 heavy (non-hydrogen) atoms. The van der Waals surface area contributed by atoms with Gasteiger partial charge < -0.3 is 4.74 Å². The van der Waals surface area contributed by atoms with Gasteiger partial charge in [-0.15, -0.1) is 10.2 Å². The van der Waals surface area contributed by atoms with E-state index in [1.165, 1.54) is 4.80 Å². The second-order valence-electron chi connectivity index (χ2n) is 7.67. The van der Waals surface area contributed by atoms with Crippen molar-refractivity contribution >= 4 is 11.8 Å². The number of carbonyl (C=O) groups is 1. The van der Waals surface area contributed by atoms with Crippen LogP contribution in [0, 0.1) is 0 Å². The number of hydrogen-bond acceptors (Lipinski definition) is 7. The van der Waals surface area contributed by atoms with Crippen molar-refractivity contribution in [1.82, 2.24) is 35.0 Å². The Morgan fingerprint density at radius 1 is 1.19 bits per heavy atom. The minimum absolute atomic E-state index is 0.0230. The highest BCUT2D eigenvalue weighted by atomic mass is 16.6. The fourth-order valence-electron chi connectivity index (χ4n) is 4.29. The van der Waals surface area contributed by atoms with Crippen molar-refractivity contribution in [3.05, 3.63) is 60.6 Å². The van der Waals surface area contributed by atoms with Gasteiger partial charge in [0.25, 0.3) is 0 Å². The van der Waals surface area contributed by atoms with Gasteiger partial charge in [-0.1, -0.05) is 12.1 Å². The molecular formula is C21H18N8O2. The van der Waals surface area contributed by atoms with Gasteiger partial charge in [0.2, 0.25) is 5.82 Å². The lowest BCUT2D eigenvalue weighted by atomic mass is 10.0. The lowest BCUT2D eigenvalue weighted by Crippen LogP contribution is -2.35. The summed E-state index contributed by atoms with van der Waals surface area (Å²) in [4.78, 5) is 20.2. The van der Waals surface area contributed by atoms with Crippen LogP contribution in [0.2, 0.25) is 0 Å². The highest BCUT2D eigenvalue weighted by molar-refractivity contribution is 5.94. The van der Waals surface area contributed by atoms with Crippen LogP contribution in [0.3, 0.4) is 0 Å². The van der Waals surface area contributed by atoms with E-state index in [2.05, 4.69) is 31.6 Å². The Hall–Kier alpha value is -4.08. The van der Waals surface area contributed by atoms with E-state index in [4.69, 9.17) is 4.74 Å². The van der Waals surface area contributed by atoms with Gasteiger partial charge in [0, 0.05) is 24.2 Å². The van der Waals surface area contributed by atoms with Crippen LogP contribution in [0.4, 0.5) is 10.5 Å². The van der Waals surface area contributed by atoms with Crippen molar-refractivity contribution in [2.24, 2.45) is 7.05 Å². The molecule has 2 aliphatic heterocycles. The third kappa shape index (κ3) is 2.95. The third-order valence-corrected chi connectivity index (χ3v) is 5.74. The number of nitrogens with zero attached hydrogens (tertiary/aromatic N) is 8. The molecule has 4 aromatic rings. The number of ether oxygens (including phenoxy) is 1. The summed E-state index contributed by atoms with van der Waals surface area (Å²) in [6.07, 6.45) is 5.63. The standard InChI is InChI=1S/C21H18N8O2/c1-27-25-20(24-26-27)16-5-3-14(11-22-16)13-4-6-17-15(9-13)10-18-19(31-21(30)29(17)18)12-28-8-2-7-23-28/h2-9,11,18-19H,10,12H2,1H3/t18-,19-/m0/s1. The van der Waals surface area contributed by atoms with Gasteiger partial charge in [0.15, 0.2) is 0 Å². The number of carbonyl (C=O) groups excluding carboxylic acids is 1. The second kappa shape index (κ2) is 6.73. The molecule has 3 aromatic heterocycles. The number of hydrogen-bond donors (Lipinski definition) is 0. The van der Waals surface area contributed by atoms with Crippen LogP contribution in [-0.4, -0.2) is 53.2 Å². The van der Waals surface area contributed by atoms with Crippen LogP contribution in [0.25, 0.3) is 22.6 Å². The Balaban J connectivity index is 1.26. The van der Waals surface area contributed by atoms with Gasteiger partial charge in [-0.05, 0) is 47.0 Å². The Bertz CT molecular complexity index is 1270. The number of fused-ring (bicyclic) bond motifs is 3. The highest BCUT2D eigenvalue weighted by Gasteiger charge is 2.47. The molecule has 0 unspecified atom stereocenters. The van der Waals surface area contributed by atoms with Gasteiger partial charge in [-0.2, -0.15) is 9.90 Å². The number of tetrazole rings is 1. The van der Waals surface area contributed by atoms with Gasteiger partial charge in [0.1, 0.15) is 11.8 Å². The van der Waals surface area contributed by atoms with E-state index in [1.807, 2.05) is 36.5 Å². The first-order valence-corrected chi connectivity index (χ1v) is 9.97. The van der Waals surface area contributed by atoms with E-state index >= 15 is 0 Å². The number of cyclic esters (lactones) is 1. The molecule has 1 saturated heterocycles. The molecule has 10 heteroatoms. The number of aromatic nitrogens is 7. The predicted molar refractivity (Wildman–Crippen MR) is 110 cm³/mol. The van der Waals surface area contributed by atoms with Crippen LogP contribution in [0.5, 0.6) is 0 Å². The summed E-state index contributed by atoms with van der Waals surface area (Å²) >= 11 is 0. The Labute approximate surface area is 177 Å². The van der Waals surface area contributed by atoms with Crippen LogP contribution < -0.4 is 4.90 Å². The normalized spacial score (nSPS) is 19.4. The molecular weight excluding hydrogens is 396 g/mol. The molecule has 0 saturated carbocycles. The van der Waals surface area contributed by atoms with Gasteiger partial charge in [0.05, 0.1) is 25.3 Å². The average Bonchev–Trinajstić information content (AvgIpc) is 3.55. The fraction of sp³-hybridized carbons (Fsp3) is 0.238. The smallest absolute Gasteiger partial charge is 0.415 e. The minimum atomic E-state index is -0.295. The number of pyridine rings is 1. The summed E-state index contributed by atoms with van der Waals surface area (Å²) < 4.78 is 7.43. The molecule has 2 atom stereocenters. The Morgan fingerprint density at radius 2 is 2.10 bits per heavy atom. The van der Waals surface area contributed by atoms with Crippen molar-refractivity contribution in [3.63, 3.8) is 0 Å². The molecule has 1 amide bonds. The van der Waals surface area contributed by atoms with Crippen molar-refractivity contribution in [3.8, 4) is 22.6 Å². The zero-order valence-electron chi connectivity index (χ0n) is 16.7. The summed E-state index contributed by atoms with van der Waals surface area (Å²) in [5.41, 5.74) is 4.74. The molecule has 0 spiro atoms. The first kappa shape index (κ1) is 17.8. The van der Waals surface area contributed by atoms with Gasteiger partial charge in [-0.3, -0.25) is 14.6 Å². The number of aryl methyl sites for hydroxylation is 1. The quantitative estimate of drug-likeness (QED) is 0.504. The minimum Gasteiger partial charge on any atom is -0.442 e. The molecule has 0 aliphatic carbocycles. The van der Waals surface area contributed by atoms with E-state index in [-0.39, 0.29) is 18.2 Å². The number of amides is 1. The van der Waals surface area contributed by atoms with E-state index in [0.29, 0.717) is 18.1 Å². The van der Waals surface area contributed by atoms with E-state index in [0.717, 1.165) is 28.8 Å². The van der Waals surface area contributed by atoms with E-state index in [1.54, 1.807) is 29.0 Å². The van der Waals surface area contributed by atoms with E-state index in [9.17, 15) is 4.79 Å². The Kier molecular flexibility index (Phi) is 3.85. The summed E-state index contributed by atoms with van der Waals surface area (Å²) in [6, 6.07) is 11.8. The summed E-state index contributed by atoms with van der Waals surface area (Å²) in [6.45, 7) is 0.544. The van der Waals surface area contributed by atoms with Crippen molar-refractivity contribution in [2.75, 3.05) is 4.90 Å². The lowest BCUT2D eigenvalue weighted by molar-refractivity contribution is 0.117. The molecule has 6 rings (SSSR count). The largest absolute Gasteiger partial charge is 0.442 e. The molecule has 0 bridgehead atoms. The first-order chi connectivity index (χ1) is 15.2. The zero-order chi connectivity index (χ0) is 20.9. The fourth-order valence-corrected chi connectivity index (χ4v) is 4.29. The van der Waals surface area contributed by atoms with Crippen LogP contribution in [0.15, 0.2) is 55.0 Å². The van der Waals surface area contributed by atoms with Crippen molar-refractivity contribution < 1.29 is 9.53 Å². The molecule has 10 nitrogen and oxygen atoms in total. The third-order valence-electron chi connectivity index (χ3n) is 5.74. The topological polar surface area (TPSA) is 104 Å².